The average molecular weight is 231 g/mol. The fourth-order valence-corrected chi connectivity index (χ4v) is 3.53. The zero-order chi connectivity index (χ0) is 11.7. The number of rotatable bonds is 2. The highest BCUT2D eigenvalue weighted by atomic mass is 16.3. The molecule has 1 aromatic carbocycles. The number of fused-ring (bicyclic) bond motifs is 1. The second-order valence-electron chi connectivity index (χ2n) is 5.56. The second-order valence-corrected chi connectivity index (χ2v) is 5.56. The van der Waals surface area contributed by atoms with Crippen LogP contribution in [-0.2, 0) is 6.42 Å². The lowest BCUT2D eigenvalue weighted by molar-refractivity contribution is -0.00885. The molecule has 0 amide bonds. The van der Waals surface area contributed by atoms with E-state index in [-0.39, 0.29) is 0 Å². The van der Waals surface area contributed by atoms with E-state index in [0.29, 0.717) is 6.04 Å². The Kier molecular flexibility index (Phi) is 2.93. The van der Waals surface area contributed by atoms with E-state index in [1.54, 1.807) is 0 Å². The maximum Gasteiger partial charge on any atom is 0.0854 e. The van der Waals surface area contributed by atoms with Crippen LogP contribution in [0.1, 0.15) is 31.2 Å². The monoisotopic (exact) mass is 231 g/mol. The first-order chi connectivity index (χ1) is 8.28. The molecule has 1 N–H and O–H groups in total. The normalized spacial score (nSPS) is 33.6. The quantitative estimate of drug-likeness (QED) is 0.843. The van der Waals surface area contributed by atoms with E-state index in [1.807, 2.05) is 6.07 Å². The van der Waals surface area contributed by atoms with Crippen LogP contribution in [-0.4, -0.2) is 34.7 Å². The van der Waals surface area contributed by atoms with E-state index >= 15 is 0 Å². The Balaban J connectivity index is 1.77. The van der Waals surface area contributed by atoms with E-state index < -0.39 is 5.60 Å². The molecule has 2 aliphatic rings. The molecule has 2 atom stereocenters. The smallest absolute Gasteiger partial charge is 0.0854 e. The van der Waals surface area contributed by atoms with Gasteiger partial charge in [0.1, 0.15) is 0 Å². The van der Waals surface area contributed by atoms with E-state index in [0.717, 1.165) is 19.4 Å². The summed E-state index contributed by atoms with van der Waals surface area (Å²) in [6.07, 6.45) is 5.50. The van der Waals surface area contributed by atoms with Gasteiger partial charge in [-0.3, -0.25) is 4.90 Å². The van der Waals surface area contributed by atoms with Crippen molar-refractivity contribution in [2.75, 3.05) is 13.1 Å². The Morgan fingerprint density at radius 2 is 2.00 bits per heavy atom. The highest BCUT2D eigenvalue weighted by Crippen LogP contribution is 2.37. The van der Waals surface area contributed by atoms with E-state index in [1.165, 1.54) is 31.4 Å². The minimum Gasteiger partial charge on any atom is -0.388 e. The SMILES string of the molecule is OC1(Cc2ccccc2)CCN2CCCCC21. The van der Waals surface area contributed by atoms with Gasteiger partial charge >= 0.3 is 0 Å². The molecular weight excluding hydrogens is 210 g/mol. The van der Waals surface area contributed by atoms with Crippen LogP contribution in [0.5, 0.6) is 0 Å². The van der Waals surface area contributed by atoms with Crippen LogP contribution < -0.4 is 0 Å². The molecule has 0 radical (unpaired) electrons. The van der Waals surface area contributed by atoms with Gasteiger partial charge in [-0.2, -0.15) is 0 Å². The summed E-state index contributed by atoms with van der Waals surface area (Å²) in [7, 11) is 0. The first kappa shape index (κ1) is 11.2. The van der Waals surface area contributed by atoms with Crippen molar-refractivity contribution in [2.24, 2.45) is 0 Å². The van der Waals surface area contributed by atoms with Crippen LogP contribution in [0.4, 0.5) is 0 Å². The minimum atomic E-state index is -0.484. The Morgan fingerprint density at radius 3 is 2.82 bits per heavy atom. The van der Waals surface area contributed by atoms with Gasteiger partial charge in [-0.1, -0.05) is 36.8 Å². The Morgan fingerprint density at radius 1 is 1.18 bits per heavy atom. The standard InChI is InChI=1S/C15H21NO/c17-15(12-13-6-2-1-3-7-13)9-11-16-10-5-4-8-14(15)16/h1-3,6-7,14,17H,4-5,8-12H2. The Labute approximate surface area is 103 Å². The van der Waals surface area contributed by atoms with Crippen LogP contribution >= 0.6 is 0 Å². The van der Waals surface area contributed by atoms with Gasteiger partial charge in [0.2, 0.25) is 0 Å². The van der Waals surface area contributed by atoms with Gasteiger partial charge in [0, 0.05) is 19.0 Å². The molecular formula is C15H21NO. The highest BCUT2D eigenvalue weighted by molar-refractivity contribution is 5.19. The predicted octanol–water partition coefficient (Wildman–Crippen LogP) is 2.22. The van der Waals surface area contributed by atoms with Gasteiger partial charge in [-0.15, -0.1) is 0 Å². The molecule has 2 nitrogen and oxygen atoms in total. The van der Waals surface area contributed by atoms with Crippen molar-refractivity contribution < 1.29 is 5.11 Å². The fraction of sp³-hybridized carbons (Fsp3) is 0.600. The summed E-state index contributed by atoms with van der Waals surface area (Å²) in [4.78, 5) is 2.49. The first-order valence-electron chi connectivity index (χ1n) is 6.78. The zero-order valence-electron chi connectivity index (χ0n) is 10.3. The molecule has 2 fully saturated rings. The molecule has 0 bridgehead atoms. The molecule has 0 aliphatic carbocycles. The maximum absolute atomic E-state index is 10.9. The molecule has 2 saturated heterocycles. The van der Waals surface area contributed by atoms with Crippen molar-refractivity contribution in [1.29, 1.82) is 0 Å². The number of aliphatic hydroxyl groups is 1. The molecule has 17 heavy (non-hydrogen) atoms. The van der Waals surface area contributed by atoms with Gasteiger partial charge in [-0.25, -0.2) is 0 Å². The number of benzene rings is 1. The summed E-state index contributed by atoms with van der Waals surface area (Å²) in [6.45, 7) is 2.26. The van der Waals surface area contributed by atoms with E-state index in [4.69, 9.17) is 0 Å². The van der Waals surface area contributed by atoms with Crippen molar-refractivity contribution in [3.05, 3.63) is 35.9 Å². The molecule has 0 saturated carbocycles. The average Bonchev–Trinajstić information content (AvgIpc) is 2.69. The van der Waals surface area contributed by atoms with Gasteiger partial charge in [0.05, 0.1) is 5.60 Å². The van der Waals surface area contributed by atoms with E-state index in [2.05, 4.69) is 29.2 Å². The van der Waals surface area contributed by atoms with Gasteiger partial charge in [-0.05, 0) is 31.4 Å². The summed E-state index contributed by atoms with van der Waals surface area (Å²) in [5.41, 5.74) is 0.782. The Hall–Kier alpha value is -0.860. The van der Waals surface area contributed by atoms with Crippen molar-refractivity contribution >= 4 is 0 Å². The zero-order valence-corrected chi connectivity index (χ0v) is 10.3. The third-order valence-electron chi connectivity index (χ3n) is 4.42. The largest absolute Gasteiger partial charge is 0.388 e. The number of nitrogens with zero attached hydrogens (tertiary/aromatic N) is 1. The third kappa shape index (κ3) is 2.12. The van der Waals surface area contributed by atoms with Crippen LogP contribution in [0.25, 0.3) is 0 Å². The van der Waals surface area contributed by atoms with Crippen molar-refractivity contribution in [1.82, 2.24) is 4.90 Å². The van der Waals surface area contributed by atoms with Crippen LogP contribution in [0.2, 0.25) is 0 Å². The van der Waals surface area contributed by atoms with Gasteiger partial charge in [0.25, 0.3) is 0 Å². The third-order valence-corrected chi connectivity index (χ3v) is 4.42. The van der Waals surface area contributed by atoms with Crippen molar-refractivity contribution in [3.63, 3.8) is 0 Å². The maximum atomic E-state index is 10.9. The first-order valence-corrected chi connectivity index (χ1v) is 6.78. The minimum absolute atomic E-state index is 0.399. The van der Waals surface area contributed by atoms with E-state index in [9.17, 15) is 5.11 Å². The molecule has 2 aliphatic heterocycles. The summed E-state index contributed by atoms with van der Waals surface area (Å²) >= 11 is 0. The number of hydrogen-bond donors (Lipinski definition) is 1. The summed E-state index contributed by atoms with van der Waals surface area (Å²) in [5.74, 6) is 0. The number of piperidine rings is 1. The lowest BCUT2D eigenvalue weighted by atomic mass is 9.84. The van der Waals surface area contributed by atoms with Crippen LogP contribution in [0, 0.1) is 0 Å². The molecule has 2 heterocycles. The molecule has 92 valence electrons. The fourth-order valence-electron chi connectivity index (χ4n) is 3.53. The summed E-state index contributed by atoms with van der Waals surface area (Å²) in [5, 5.41) is 10.9. The van der Waals surface area contributed by atoms with Crippen molar-refractivity contribution in [2.45, 2.75) is 43.7 Å². The summed E-state index contributed by atoms with van der Waals surface area (Å²) < 4.78 is 0. The van der Waals surface area contributed by atoms with Crippen LogP contribution in [0.15, 0.2) is 30.3 Å². The molecule has 2 unspecified atom stereocenters. The Bertz CT molecular complexity index is 378. The molecule has 2 heteroatoms. The molecule has 0 spiro atoms. The topological polar surface area (TPSA) is 23.5 Å². The number of hydrogen-bond acceptors (Lipinski definition) is 2. The van der Waals surface area contributed by atoms with Crippen LogP contribution in [0.3, 0.4) is 0 Å². The predicted molar refractivity (Wildman–Crippen MR) is 68.9 cm³/mol. The highest BCUT2D eigenvalue weighted by Gasteiger charge is 2.46. The lowest BCUT2D eigenvalue weighted by Crippen LogP contribution is -2.48. The lowest BCUT2D eigenvalue weighted by Gasteiger charge is -2.37. The molecule has 0 aromatic heterocycles. The second kappa shape index (κ2) is 4.43. The molecule has 1 aromatic rings. The van der Waals surface area contributed by atoms with Gasteiger partial charge in [0.15, 0.2) is 0 Å². The van der Waals surface area contributed by atoms with Gasteiger partial charge < -0.3 is 5.11 Å². The molecule has 3 rings (SSSR count). The van der Waals surface area contributed by atoms with Crippen molar-refractivity contribution in [3.8, 4) is 0 Å². The summed E-state index contributed by atoms with van der Waals surface area (Å²) in [6, 6.07) is 10.8.